The number of ether oxygens (including phenoxy) is 2. The van der Waals surface area contributed by atoms with Crippen LogP contribution in [-0.4, -0.2) is 18.3 Å². The molecule has 3 aromatic carbocycles. The summed E-state index contributed by atoms with van der Waals surface area (Å²) in [6.07, 6.45) is 6.67. The van der Waals surface area contributed by atoms with Crippen molar-refractivity contribution in [2.24, 2.45) is 4.99 Å². The lowest BCUT2D eigenvalue weighted by molar-refractivity contribution is 0.279. The van der Waals surface area contributed by atoms with Crippen molar-refractivity contribution >= 4 is 29.5 Å². The summed E-state index contributed by atoms with van der Waals surface area (Å²) in [4.78, 5) is 8.76. The molecule has 0 saturated heterocycles. The number of nitriles is 1. The molecular formula is C29H22F2N4O2. The molecule has 1 N–H and O–H groups in total. The first-order valence-corrected chi connectivity index (χ1v) is 11.2. The van der Waals surface area contributed by atoms with E-state index in [1.807, 2.05) is 42.5 Å². The number of anilines is 2. The van der Waals surface area contributed by atoms with Gasteiger partial charge in [-0.15, -0.1) is 0 Å². The van der Waals surface area contributed by atoms with Gasteiger partial charge in [-0.25, -0.2) is 13.8 Å². The normalized spacial score (nSPS) is 11.0. The lowest BCUT2D eigenvalue weighted by Gasteiger charge is -2.13. The summed E-state index contributed by atoms with van der Waals surface area (Å²) in [6, 6.07) is 21.7. The third-order valence-electron chi connectivity index (χ3n) is 5.25. The second-order valence-corrected chi connectivity index (χ2v) is 7.73. The van der Waals surface area contributed by atoms with Crippen LogP contribution in [0, 0.1) is 23.0 Å². The maximum absolute atomic E-state index is 14.0. The summed E-state index contributed by atoms with van der Waals surface area (Å²) in [6.45, 7) is -0.0934. The second-order valence-electron chi connectivity index (χ2n) is 7.73. The number of halogens is 2. The summed E-state index contributed by atoms with van der Waals surface area (Å²) in [7, 11) is 1.52. The number of rotatable bonds is 9. The Morgan fingerprint density at radius 1 is 1.05 bits per heavy atom. The van der Waals surface area contributed by atoms with Crippen LogP contribution in [0.5, 0.6) is 11.5 Å². The number of nitrogens with one attached hydrogen (secondary N) is 1. The van der Waals surface area contributed by atoms with Gasteiger partial charge in [-0.05, 0) is 54.6 Å². The number of allylic oxidation sites excluding steroid dienone is 1. The molecule has 0 radical (unpaired) electrons. The molecule has 1 aromatic heterocycles. The van der Waals surface area contributed by atoms with Gasteiger partial charge in [0.25, 0.3) is 0 Å². The van der Waals surface area contributed by atoms with Crippen molar-refractivity contribution in [2.45, 2.75) is 6.61 Å². The maximum atomic E-state index is 14.0. The van der Waals surface area contributed by atoms with Crippen LogP contribution in [0.3, 0.4) is 0 Å². The van der Waals surface area contributed by atoms with Crippen LogP contribution >= 0.6 is 0 Å². The van der Waals surface area contributed by atoms with Crippen LogP contribution in [0.4, 0.5) is 26.0 Å². The Bertz CT molecular complexity index is 1480. The molecule has 0 aliphatic carbocycles. The average molecular weight is 497 g/mol. The van der Waals surface area contributed by atoms with E-state index in [2.05, 4.69) is 15.3 Å². The largest absolute Gasteiger partial charge is 0.493 e. The second kappa shape index (κ2) is 12.1. The lowest BCUT2D eigenvalue weighted by atomic mass is 10.1. The molecule has 0 atom stereocenters. The molecule has 0 spiro atoms. The zero-order chi connectivity index (χ0) is 26.0. The van der Waals surface area contributed by atoms with E-state index < -0.39 is 11.6 Å². The fraction of sp³-hybridized carbons (Fsp3) is 0.0690. The number of para-hydroxylation sites is 3. The fourth-order valence-corrected chi connectivity index (χ4v) is 3.40. The first-order valence-electron chi connectivity index (χ1n) is 11.2. The highest BCUT2D eigenvalue weighted by atomic mass is 19.1. The zero-order valence-corrected chi connectivity index (χ0v) is 19.9. The number of benzene rings is 3. The van der Waals surface area contributed by atoms with Gasteiger partial charge < -0.3 is 14.8 Å². The Balaban J connectivity index is 1.50. The summed E-state index contributed by atoms with van der Waals surface area (Å²) in [5, 5.41) is 12.1. The van der Waals surface area contributed by atoms with Gasteiger partial charge in [0.1, 0.15) is 30.1 Å². The molecule has 0 bridgehead atoms. The Morgan fingerprint density at radius 2 is 1.92 bits per heavy atom. The highest BCUT2D eigenvalue weighted by Gasteiger charge is 2.11. The number of methoxy groups -OCH3 is 1. The number of aliphatic imine (C=N–C) groups is 1. The van der Waals surface area contributed by atoms with E-state index in [9.17, 15) is 8.78 Å². The summed E-state index contributed by atoms with van der Waals surface area (Å²) in [5.74, 6) is 0.167. The van der Waals surface area contributed by atoms with Crippen molar-refractivity contribution in [3.05, 3.63) is 113 Å². The van der Waals surface area contributed by atoms with Gasteiger partial charge in [-0.2, -0.15) is 5.26 Å². The summed E-state index contributed by atoms with van der Waals surface area (Å²) in [5.41, 5.74) is 2.83. The Labute approximate surface area is 213 Å². The first kappa shape index (κ1) is 25.1. The highest BCUT2D eigenvalue weighted by molar-refractivity contribution is 5.84. The van der Waals surface area contributed by atoms with Crippen molar-refractivity contribution in [1.82, 2.24) is 4.98 Å². The van der Waals surface area contributed by atoms with Crippen molar-refractivity contribution in [3.8, 4) is 17.6 Å². The lowest BCUT2D eigenvalue weighted by Crippen LogP contribution is -2.02. The smallest absolute Gasteiger partial charge is 0.168 e. The van der Waals surface area contributed by atoms with E-state index in [1.54, 1.807) is 36.6 Å². The van der Waals surface area contributed by atoms with Crippen molar-refractivity contribution in [2.75, 3.05) is 12.4 Å². The van der Waals surface area contributed by atoms with Gasteiger partial charge in [0.05, 0.1) is 24.0 Å². The molecule has 8 heteroatoms. The third kappa shape index (κ3) is 6.55. The standard InChI is InChI=1S/C29H22F2N4O2/c1-36-27-10-4-6-21(29(27)37-19-22-12-13-23(30)16-24(22)31)7-5-15-33-25-8-2-3-9-26(25)35-28-14-11-20(17-32)18-34-28/h2-16,18H,19H2,1H3,(H,34,35)/b7-5+,33-15?. The molecule has 4 aromatic rings. The van der Waals surface area contributed by atoms with Gasteiger partial charge >= 0.3 is 0 Å². The number of aromatic nitrogens is 1. The Hall–Kier alpha value is -5.03. The molecule has 0 amide bonds. The molecule has 184 valence electrons. The molecule has 0 aliphatic rings. The highest BCUT2D eigenvalue weighted by Crippen LogP contribution is 2.33. The van der Waals surface area contributed by atoms with E-state index >= 15 is 0 Å². The number of pyridine rings is 1. The molecule has 1 heterocycles. The zero-order valence-electron chi connectivity index (χ0n) is 19.9. The number of hydrogen-bond acceptors (Lipinski definition) is 6. The minimum absolute atomic E-state index is 0.0934. The van der Waals surface area contributed by atoms with Gasteiger partial charge in [-0.3, -0.25) is 4.99 Å². The van der Waals surface area contributed by atoms with Crippen molar-refractivity contribution in [3.63, 3.8) is 0 Å². The van der Waals surface area contributed by atoms with Gasteiger partial charge in [0.15, 0.2) is 11.5 Å². The molecule has 0 aliphatic heterocycles. The van der Waals surface area contributed by atoms with E-state index in [0.29, 0.717) is 34.1 Å². The van der Waals surface area contributed by atoms with E-state index in [4.69, 9.17) is 14.7 Å². The Kier molecular flexibility index (Phi) is 8.19. The van der Waals surface area contributed by atoms with E-state index in [0.717, 1.165) is 11.8 Å². The topological polar surface area (TPSA) is 79.5 Å². The molecule has 6 nitrogen and oxygen atoms in total. The molecule has 0 unspecified atom stereocenters. The van der Waals surface area contributed by atoms with Crippen molar-refractivity contribution < 1.29 is 18.3 Å². The van der Waals surface area contributed by atoms with Gasteiger partial charge in [-0.1, -0.05) is 24.3 Å². The maximum Gasteiger partial charge on any atom is 0.168 e. The Morgan fingerprint density at radius 3 is 2.68 bits per heavy atom. The molecule has 0 saturated carbocycles. The quantitative estimate of drug-likeness (QED) is 0.253. The molecule has 4 rings (SSSR count). The SMILES string of the molecule is COc1cccc(/C=C/C=Nc2ccccc2Nc2ccc(C#N)cn2)c1OCc1ccc(F)cc1F. The van der Waals surface area contributed by atoms with Crippen molar-refractivity contribution in [1.29, 1.82) is 5.26 Å². The predicted octanol–water partition coefficient (Wildman–Crippen LogP) is 6.98. The number of hydrogen-bond donors (Lipinski definition) is 1. The minimum Gasteiger partial charge on any atom is -0.493 e. The van der Waals surface area contributed by atoms with Crippen LogP contribution < -0.4 is 14.8 Å². The van der Waals surface area contributed by atoms with Crippen LogP contribution in [-0.2, 0) is 6.61 Å². The predicted molar refractivity (Wildman–Crippen MR) is 140 cm³/mol. The van der Waals surface area contributed by atoms with E-state index in [-0.39, 0.29) is 12.2 Å². The monoisotopic (exact) mass is 496 g/mol. The number of nitrogens with zero attached hydrogens (tertiary/aromatic N) is 3. The molecule has 0 fully saturated rings. The van der Waals surface area contributed by atoms with Gasteiger partial charge in [0.2, 0.25) is 0 Å². The van der Waals surface area contributed by atoms with Crippen LogP contribution in [0.1, 0.15) is 16.7 Å². The molecular weight excluding hydrogens is 474 g/mol. The minimum atomic E-state index is -0.678. The van der Waals surface area contributed by atoms with Crippen LogP contribution in [0.15, 0.2) is 90.1 Å². The summed E-state index contributed by atoms with van der Waals surface area (Å²) >= 11 is 0. The van der Waals surface area contributed by atoms with Crippen LogP contribution in [0.25, 0.3) is 6.08 Å². The first-order chi connectivity index (χ1) is 18.1. The van der Waals surface area contributed by atoms with E-state index in [1.165, 1.54) is 25.4 Å². The average Bonchev–Trinajstić information content (AvgIpc) is 2.92. The van der Waals surface area contributed by atoms with Crippen LogP contribution in [0.2, 0.25) is 0 Å². The molecule has 37 heavy (non-hydrogen) atoms. The fourth-order valence-electron chi connectivity index (χ4n) is 3.40. The third-order valence-corrected chi connectivity index (χ3v) is 5.25. The van der Waals surface area contributed by atoms with Gasteiger partial charge in [0, 0.05) is 29.6 Å². The summed E-state index contributed by atoms with van der Waals surface area (Å²) < 4.78 is 38.5.